The first-order valence-corrected chi connectivity index (χ1v) is 6.16. The van der Waals surface area contributed by atoms with Gasteiger partial charge in [-0.25, -0.2) is 8.42 Å². The fourth-order valence-corrected chi connectivity index (χ4v) is 2.59. The lowest BCUT2D eigenvalue weighted by Crippen LogP contribution is -2.39. The number of hydrogen-bond donors (Lipinski definition) is 0. The van der Waals surface area contributed by atoms with Crippen LogP contribution < -0.4 is 0 Å². The molecule has 0 bridgehead atoms. The van der Waals surface area contributed by atoms with E-state index < -0.39 is 14.7 Å². The molecule has 1 atom stereocenters. The molecule has 0 aromatic heterocycles. The van der Waals surface area contributed by atoms with Crippen LogP contribution in [0.2, 0.25) is 0 Å². The Balaban J connectivity index is 4.57. The van der Waals surface area contributed by atoms with Crippen molar-refractivity contribution < 1.29 is 13.2 Å². The van der Waals surface area contributed by atoms with E-state index in [0.717, 1.165) is 0 Å². The second-order valence-corrected chi connectivity index (χ2v) is 6.13. The number of ether oxygens (including phenoxy) is 1. The fourth-order valence-electron chi connectivity index (χ4n) is 0.804. The van der Waals surface area contributed by atoms with E-state index in [1.165, 1.54) is 7.11 Å². The first-order chi connectivity index (χ1) is 5.21. The van der Waals surface area contributed by atoms with Gasteiger partial charge in [-0.05, 0) is 12.8 Å². The molecule has 0 radical (unpaired) electrons. The van der Waals surface area contributed by atoms with E-state index in [2.05, 4.69) is 0 Å². The van der Waals surface area contributed by atoms with Crippen molar-refractivity contribution in [3.63, 3.8) is 0 Å². The van der Waals surface area contributed by atoms with Gasteiger partial charge in [-0.1, -0.05) is 13.8 Å². The fraction of sp³-hybridized carbons (Fsp3) is 1.00. The van der Waals surface area contributed by atoms with Crippen molar-refractivity contribution in [3.8, 4) is 0 Å². The average Bonchev–Trinajstić information content (AvgIpc) is 1.83. The molecule has 0 aliphatic carbocycles. The second kappa shape index (κ2) is 3.94. The summed E-state index contributed by atoms with van der Waals surface area (Å²) < 4.78 is 26.7. The highest BCUT2D eigenvalue weighted by atomic mass is 35.7. The first kappa shape index (κ1) is 12.2. The molecule has 12 heavy (non-hydrogen) atoms. The van der Waals surface area contributed by atoms with Crippen LogP contribution in [0.1, 0.15) is 20.8 Å². The summed E-state index contributed by atoms with van der Waals surface area (Å²) in [6.45, 7) is 5.52. The van der Waals surface area contributed by atoms with E-state index in [4.69, 9.17) is 15.4 Å². The molecule has 0 saturated heterocycles. The number of halogens is 1. The van der Waals surface area contributed by atoms with Crippen LogP contribution in [-0.2, 0) is 13.8 Å². The minimum atomic E-state index is -3.49. The molecule has 5 heteroatoms. The summed E-state index contributed by atoms with van der Waals surface area (Å²) in [6.07, 6.45) is 0. The number of hydrogen-bond acceptors (Lipinski definition) is 3. The van der Waals surface area contributed by atoms with Gasteiger partial charge in [-0.15, -0.1) is 0 Å². The summed E-state index contributed by atoms with van der Waals surface area (Å²) in [5.41, 5.74) is -0.694. The molecule has 0 rings (SSSR count). The Bertz CT molecular complexity index is 235. The van der Waals surface area contributed by atoms with Crippen molar-refractivity contribution >= 4 is 19.7 Å². The number of rotatable bonds is 4. The molecule has 1 unspecified atom stereocenters. The van der Waals surface area contributed by atoms with Crippen molar-refractivity contribution in [3.05, 3.63) is 0 Å². The van der Waals surface area contributed by atoms with Gasteiger partial charge < -0.3 is 4.74 Å². The van der Waals surface area contributed by atoms with E-state index in [9.17, 15) is 8.42 Å². The molecule has 74 valence electrons. The summed E-state index contributed by atoms with van der Waals surface area (Å²) in [7, 11) is 3.13. The monoisotopic (exact) mass is 214 g/mol. The molecule has 0 heterocycles. The summed E-state index contributed by atoms with van der Waals surface area (Å²) in [6, 6.07) is 0. The molecule has 0 aliphatic heterocycles. The summed E-state index contributed by atoms with van der Waals surface area (Å²) in [5.74, 6) is -0.0496. The third-order valence-corrected chi connectivity index (χ3v) is 3.39. The molecule has 0 aromatic rings. The predicted molar refractivity (Wildman–Crippen MR) is 49.9 cm³/mol. The Morgan fingerprint density at radius 1 is 1.50 bits per heavy atom. The highest BCUT2D eigenvalue weighted by Crippen LogP contribution is 2.23. The second-order valence-electron chi connectivity index (χ2n) is 3.35. The lowest BCUT2D eigenvalue weighted by atomic mass is 9.94. The Hall–Kier alpha value is 0.200. The van der Waals surface area contributed by atoms with Gasteiger partial charge in [0.1, 0.15) is 0 Å². The molecular weight excluding hydrogens is 200 g/mol. The van der Waals surface area contributed by atoms with Crippen LogP contribution in [0.25, 0.3) is 0 Å². The molecule has 0 fully saturated rings. The van der Waals surface area contributed by atoms with Gasteiger partial charge in [0, 0.05) is 17.8 Å². The molecule has 0 saturated carbocycles. The normalized spacial score (nSPS) is 17.8. The van der Waals surface area contributed by atoms with Gasteiger partial charge in [0.2, 0.25) is 9.05 Å². The van der Waals surface area contributed by atoms with E-state index >= 15 is 0 Å². The predicted octanol–water partition coefficient (Wildman–Crippen LogP) is 1.62. The van der Waals surface area contributed by atoms with Crippen LogP contribution >= 0.6 is 10.7 Å². The van der Waals surface area contributed by atoms with Crippen LogP contribution in [-0.4, -0.2) is 26.9 Å². The summed E-state index contributed by atoms with van der Waals surface area (Å²) >= 11 is 0. The van der Waals surface area contributed by atoms with E-state index in [1.807, 2.05) is 13.8 Å². The van der Waals surface area contributed by atoms with E-state index in [1.54, 1.807) is 6.92 Å². The van der Waals surface area contributed by atoms with Gasteiger partial charge in [0.05, 0.1) is 11.4 Å². The minimum absolute atomic E-state index is 0.107. The van der Waals surface area contributed by atoms with Gasteiger partial charge in [0.25, 0.3) is 0 Å². The Morgan fingerprint density at radius 3 is 2.00 bits per heavy atom. The Kier molecular flexibility index (Phi) is 4.00. The zero-order valence-electron chi connectivity index (χ0n) is 7.80. The van der Waals surface area contributed by atoms with Crippen molar-refractivity contribution in [2.75, 3.05) is 12.9 Å². The standard InChI is InChI=1S/C7H15ClO3S/c1-6(2)7(3,11-4)5-12(8,9)10/h6H,5H2,1-4H3. The molecule has 0 N–H and O–H groups in total. The molecule has 0 amide bonds. The van der Waals surface area contributed by atoms with Crippen molar-refractivity contribution in [1.82, 2.24) is 0 Å². The zero-order valence-corrected chi connectivity index (χ0v) is 9.37. The topological polar surface area (TPSA) is 43.4 Å². The lowest BCUT2D eigenvalue weighted by Gasteiger charge is -2.30. The molecule has 0 aliphatic rings. The largest absolute Gasteiger partial charge is 0.377 e. The van der Waals surface area contributed by atoms with Gasteiger partial charge >= 0.3 is 0 Å². The maximum atomic E-state index is 10.8. The SMILES string of the molecule is COC(C)(CS(=O)(=O)Cl)C(C)C. The Labute approximate surface area is 78.5 Å². The molecule has 0 aromatic carbocycles. The Morgan fingerprint density at radius 2 is 1.92 bits per heavy atom. The van der Waals surface area contributed by atoms with Crippen LogP contribution in [0.15, 0.2) is 0 Å². The first-order valence-electron chi connectivity index (χ1n) is 3.69. The van der Waals surface area contributed by atoms with Gasteiger partial charge in [-0.3, -0.25) is 0 Å². The molecular formula is C7H15ClO3S. The minimum Gasteiger partial charge on any atom is -0.377 e. The van der Waals surface area contributed by atoms with Crippen LogP contribution in [0.3, 0.4) is 0 Å². The third kappa shape index (κ3) is 3.74. The highest BCUT2D eigenvalue weighted by molar-refractivity contribution is 8.13. The summed E-state index contributed by atoms with van der Waals surface area (Å²) in [5, 5.41) is 0. The lowest BCUT2D eigenvalue weighted by molar-refractivity contribution is -0.0124. The third-order valence-electron chi connectivity index (χ3n) is 2.15. The van der Waals surface area contributed by atoms with Crippen LogP contribution in [0.4, 0.5) is 0 Å². The average molecular weight is 215 g/mol. The van der Waals surface area contributed by atoms with Gasteiger partial charge in [0.15, 0.2) is 0 Å². The quantitative estimate of drug-likeness (QED) is 0.668. The maximum absolute atomic E-state index is 10.8. The number of methoxy groups -OCH3 is 1. The van der Waals surface area contributed by atoms with Crippen molar-refractivity contribution in [2.24, 2.45) is 5.92 Å². The maximum Gasteiger partial charge on any atom is 0.235 e. The van der Waals surface area contributed by atoms with E-state index in [-0.39, 0.29) is 11.7 Å². The van der Waals surface area contributed by atoms with Crippen LogP contribution in [0.5, 0.6) is 0 Å². The van der Waals surface area contributed by atoms with Crippen molar-refractivity contribution in [1.29, 1.82) is 0 Å². The molecule has 3 nitrogen and oxygen atoms in total. The van der Waals surface area contributed by atoms with Crippen LogP contribution in [0, 0.1) is 5.92 Å². The molecule has 0 spiro atoms. The van der Waals surface area contributed by atoms with Gasteiger partial charge in [-0.2, -0.15) is 0 Å². The van der Waals surface area contributed by atoms with E-state index in [0.29, 0.717) is 0 Å². The summed E-state index contributed by atoms with van der Waals surface area (Å²) in [4.78, 5) is 0. The highest BCUT2D eigenvalue weighted by Gasteiger charge is 2.32. The zero-order chi connectivity index (χ0) is 9.99. The smallest absolute Gasteiger partial charge is 0.235 e. The van der Waals surface area contributed by atoms with Crippen molar-refractivity contribution in [2.45, 2.75) is 26.4 Å².